The second-order valence-corrected chi connectivity index (χ2v) is 5.65. The van der Waals surface area contributed by atoms with Crippen molar-refractivity contribution in [3.63, 3.8) is 0 Å². The van der Waals surface area contributed by atoms with Crippen molar-refractivity contribution < 1.29 is 18.5 Å². The van der Waals surface area contributed by atoms with Gasteiger partial charge < -0.3 is 19.0 Å². The van der Waals surface area contributed by atoms with Gasteiger partial charge in [-0.15, -0.1) is 0 Å². The molecule has 6 nitrogen and oxygen atoms in total. The first-order chi connectivity index (χ1) is 11.5. The Labute approximate surface area is 139 Å². The number of nitrogens with one attached hydrogen (secondary N) is 1. The highest BCUT2D eigenvalue weighted by Gasteiger charge is 2.21. The second kappa shape index (κ2) is 6.39. The molecule has 24 heavy (non-hydrogen) atoms. The van der Waals surface area contributed by atoms with Crippen LogP contribution in [0.4, 0.5) is 0 Å². The minimum atomic E-state index is -0.298. The van der Waals surface area contributed by atoms with Crippen molar-refractivity contribution in [1.29, 1.82) is 0 Å². The number of benzene rings is 1. The van der Waals surface area contributed by atoms with Crippen molar-refractivity contribution in [2.24, 2.45) is 0 Å². The van der Waals surface area contributed by atoms with E-state index in [-0.39, 0.29) is 11.9 Å². The average molecular weight is 328 g/mol. The van der Waals surface area contributed by atoms with E-state index in [2.05, 4.69) is 10.5 Å². The van der Waals surface area contributed by atoms with Gasteiger partial charge in [-0.1, -0.05) is 17.3 Å². The number of amides is 1. The highest BCUT2D eigenvalue weighted by atomic mass is 16.5. The largest absolute Gasteiger partial charge is 0.490 e. The van der Waals surface area contributed by atoms with Crippen LogP contribution in [0.2, 0.25) is 0 Å². The number of carbonyl (C=O) groups is 1. The number of hydrogen-bond donors (Lipinski definition) is 1. The fraction of sp³-hybridized carbons (Fsp3) is 0.333. The summed E-state index contributed by atoms with van der Waals surface area (Å²) in [5.41, 5.74) is 1.72. The van der Waals surface area contributed by atoms with E-state index < -0.39 is 0 Å². The van der Waals surface area contributed by atoms with Crippen LogP contribution in [0.3, 0.4) is 0 Å². The standard InChI is InChI=1S/C18H20N2O4/c1-5-22-14-8-6-7-13-9-15(23-17(13)14)10(2)19-18(21)16-11(3)20-24-12(16)4/h6-10H,5H2,1-4H3,(H,19,21)/t10-/m1/s1. The predicted octanol–water partition coefficient (Wildman–Crippen LogP) is 3.93. The SMILES string of the molecule is CCOc1cccc2cc([C@@H](C)NC(=O)c3c(C)noc3C)oc12. The first-order valence-corrected chi connectivity index (χ1v) is 7.90. The zero-order valence-corrected chi connectivity index (χ0v) is 14.2. The molecule has 3 aromatic rings. The molecule has 3 rings (SSSR count). The number of aryl methyl sites for hydroxylation is 2. The molecule has 2 heterocycles. The average Bonchev–Trinajstić information content (AvgIpc) is 3.12. The van der Waals surface area contributed by atoms with E-state index in [4.69, 9.17) is 13.7 Å². The van der Waals surface area contributed by atoms with Crippen molar-refractivity contribution in [3.05, 3.63) is 47.0 Å². The Morgan fingerprint density at radius 1 is 1.38 bits per heavy atom. The Hall–Kier alpha value is -2.76. The van der Waals surface area contributed by atoms with Crippen LogP contribution in [-0.2, 0) is 0 Å². The molecule has 0 radical (unpaired) electrons. The van der Waals surface area contributed by atoms with Gasteiger partial charge >= 0.3 is 0 Å². The molecule has 1 amide bonds. The van der Waals surface area contributed by atoms with Crippen molar-refractivity contribution in [2.75, 3.05) is 6.61 Å². The van der Waals surface area contributed by atoms with Gasteiger partial charge in [0.1, 0.15) is 17.1 Å². The summed E-state index contributed by atoms with van der Waals surface area (Å²) in [6.07, 6.45) is 0. The molecule has 0 saturated carbocycles. The van der Waals surface area contributed by atoms with Gasteiger partial charge in [0.25, 0.3) is 5.91 Å². The van der Waals surface area contributed by atoms with Crippen molar-refractivity contribution in [1.82, 2.24) is 10.5 Å². The molecule has 0 aliphatic carbocycles. The zero-order valence-electron chi connectivity index (χ0n) is 14.2. The number of para-hydroxylation sites is 1. The molecule has 0 aliphatic rings. The summed E-state index contributed by atoms with van der Waals surface area (Å²) in [5.74, 6) is 1.63. The van der Waals surface area contributed by atoms with E-state index in [0.29, 0.717) is 40.7 Å². The smallest absolute Gasteiger partial charge is 0.257 e. The number of nitrogens with zero attached hydrogens (tertiary/aromatic N) is 1. The quantitative estimate of drug-likeness (QED) is 0.768. The Bertz CT molecular complexity index is 859. The van der Waals surface area contributed by atoms with Gasteiger partial charge in [-0.05, 0) is 39.8 Å². The van der Waals surface area contributed by atoms with Gasteiger partial charge in [0.2, 0.25) is 0 Å². The van der Waals surface area contributed by atoms with Crippen LogP contribution >= 0.6 is 0 Å². The molecule has 0 spiro atoms. The number of rotatable bonds is 5. The van der Waals surface area contributed by atoms with Gasteiger partial charge in [-0.25, -0.2) is 0 Å². The Morgan fingerprint density at radius 3 is 2.83 bits per heavy atom. The highest BCUT2D eigenvalue weighted by Crippen LogP contribution is 2.31. The normalized spacial score (nSPS) is 12.3. The maximum absolute atomic E-state index is 12.4. The van der Waals surface area contributed by atoms with Gasteiger partial charge in [0.05, 0.1) is 18.3 Å². The third-order valence-corrected chi connectivity index (χ3v) is 3.86. The Balaban J connectivity index is 1.85. The number of furan rings is 1. The van der Waals surface area contributed by atoms with E-state index in [1.165, 1.54) is 0 Å². The topological polar surface area (TPSA) is 77.5 Å². The molecular weight excluding hydrogens is 308 g/mol. The zero-order chi connectivity index (χ0) is 17.3. The lowest BCUT2D eigenvalue weighted by Gasteiger charge is -2.11. The fourth-order valence-electron chi connectivity index (χ4n) is 2.69. The van der Waals surface area contributed by atoms with E-state index in [0.717, 1.165) is 5.39 Å². The van der Waals surface area contributed by atoms with E-state index in [1.807, 2.05) is 38.1 Å². The molecule has 0 bridgehead atoms. The van der Waals surface area contributed by atoms with Crippen molar-refractivity contribution >= 4 is 16.9 Å². The third kappa shape index (κ3) is 2.87. The number of fused-ring (bicyclic) bond motifs is 1. The van der Waals surface area contributed by atoms with Gasteiger partial charge in [0, 0.05) is 5.39 Å². The monoisotopic (exact) mass is 328 g/mol. The maximum Gasteiger partial charge on any atom is 0.257 e. The van der Waals surface area contributed by atoms with Crippen molar-refractivity contribution in [3.8, 4) is 5.75 Å². The maximum atomic E-state index is 12.4. The number of hydrogen-bond acceptors (Lipinski definition) is 5. The first kappa shape index (κ1) is 16.1. The summed E-state index contributed by atoms with van der Waals surface area (Å²) in [5, 5.41) is 7.67. The van der Waals surface area contributed by atoms with Gasteiger partial charge in [-0.2, -0.15) is 0 Å². The van der Waals surface area contributed by atoms with Crippen LogP contribution < -0.4 is 10.1 Å². The number of aromatic nitrogens is 1. The Kier molecular flexibility index (Phi) is 4.29. The summed E-state index contributed by atoms with van der Waals surface area (Å²) in [4.78, 5) is 12.4. The summed E-state index contributed by atoms with van der Waals surface area (Å²) < 4.78 is 16.5. The lowest BCUT2D eigenvalue weighted by molar-refractivity contribution is 0.0933. The summed E-state index contributed by atoms with van der Waals surface area (Å²) >= 11 is 0. The van der Waals surface area contributed by atoms with Crippen LogP contribution in [0.25, 0.3) is 11.0 Å². The van der Waals surface area contributed by atoms with Crippen LogP contribution in [0.1, 0.15) is 47.5 Å². The lowest BCUT2D eigenvalue weighted by atomic mass is 10.1. The van der Waals surface area contributed by atoms with Crippen LogP contribution in [0.15, 0.2) is 33.2 Å². The Morgan fingerprint density at radius 2 is 2.17 bits per heavy atom. The van der Waals surface area contributed by atoms with Gasteiger partial charge in [-0.3, -0.25) is 4.79 Å². The van der Waals surface area contributed by atoms with Crippen LogP contribution in [0.5, 0.6) is 5.75 Å². The van der Waals surface area contributed by atoms with E-state index in [1.54, 1.807) is 13.8 Å². The molecule has 1 atom stereocenters. The fourth-order valence-corrected chi connectivity index (χ4v) is 2.69. The van der Waals surface area contributed by atoms with Gasteiger partial charge in [0.15, 0.2) is 11.3 Å². The van der Waals surface area contributed by atoms with Crippen LogP contribution in [0, 0.1) is 13.8 Å². The first-order valence-electron chi connectivity index (χ1n) is 7.90. The second-order valence-electron chi connectivity index (χ2n) is 5.65. The highest BCUT2D eigenvalue weighted by molar-refractivity contribution is 5.96. The van der Waals surface area contributed by atoms with Crippen molar-refractivity contribution in [2.45, 2.75) is 33.7 Å². The molecule has 0 fully saturated rings. The molecule has 0 unspecified atom stereocenters. The minimum absolute atomic E-state index is 0.232. The molecule has 2 aromatic heterocycles. The van der Waals surface area contributed by atoms with E-state index in [9.17, 15) is 4.79 Å². The molecule has 0 aliphatic heterocycles. The number of ether oxygens (including phenoxy) is 1. The summed E-state index contributed by atoms with van der Waals surface area (Å²) in [6, 6.07) is 7.35. The van der Waals surface area contributed by atoms with E-state index >= 15 is 0 Å². The lowest BCUT2D eigenvalue weighted by Crippen LogP contribution is -2.27. The molecule has 1 aromatic carbocycles. The molecule has 0 saturated heterocycles. The molecule has 1 N–H and O–H groups in total. The summed E-state index contributed by atoms with van der Waals surface area (Å²) in [6.45, 7) is 7.82. The molecule has 126 valence electrons. The number of carbonyl (C=O) groups excluding carboxylic acids is 1. The van der Waals surface area contributed by atoms with Crippen LogP contribution in [-0.4, -0.2) is 17.7 Å². The third-order valence-electron chi connectivity index (χ3n) is 3.86. The summed E-state index contributed by atoms with van der Waals surface area (Å²) in [7, 11) is 0. The minimum Gasteiger partial charge on any atom is -0.490 e. The predicted molar refractivity (Wildman–Crippen MR) is 89.2 cm³/mol. The molecule has 6 heteroatoms. The molecular formula is C18H20N2O4.